The standard InChI is InChI=1S/C20H24N2O4/c1-13(2)12-26-16-9-7-14(8-10-16)11-17-18(23)21-20(25)22(19(17)24)15-5-3-4-6-15/h7-11,13,15H,3-6,12H2,1-2H3,(H,21,23,25)/b17-11+. The van der Waals surface area contributed by atoms with E-state index in [9.17, 15) is 14.4 Å². The first-order chi connectivity index (χ1) is 12.5. The summed E-state index contributed by atoms with van der Waals surface area (Å²) in [7, 11) is 0. The summed E-state index contributed by atoms with van der Waals surface area (Å²) in [6.45, 7) is 4.77. The largest absolute Gasteiger partial charge is 0.493 e. The number of nitrogens with one attached hydrogen (secondary N) is 1. The van der Waals surface area contributed by atoms with Gasteiger partial charge in [0.1, 0.15) is 11.3 Å². The number of nitrogens with zero attached hydrogens (tertiary/aromatic N) is 1. The summed E-state index contributed by atoms with van der Waals surface area (Å²) in [5.41, 5.74) is 0.702. The second kappa shape index (κ2) is 7.72. The number of benzene rings is 1. The molecule has 0 spiro atoms. The van der Waals surface area contributed by atoms with E-state index in [0.29, 0.717) is 18.1 Å². The van der Waals surface area contributed by atoms with Gasteiger partial charge in [-0.3, -0.25) is 19.8 Å². The molecule has 2 aliphatic rings. The van der Waals surface area contributed by atoms with Gasteiger partial charge in [0.05, 0.1) is 6.61 Å². The van der Waals surface area contributed by atoms with E-state index in [1.54, 1.807) is 24.3 Å². The fourth-order valence-corrected chi connectivity index (χ4v) is 3.26. The van der Waals surface area contributed by atoms with Crippen molar-refractivity contribution in [3.8, 4) is 5.75 Å². The Morgan fingerprint density at radius 1 is 1.15 bits per heavy atom. The molecule has 0 bridgehead atoms. The Morgan fingerprint density at radius 3 is 2.42 bits per heavy atom. The molecule has 0 atom stereocenters. The summed E-state index contributed by atoms with van der Waals surface area (Å²) < 4.78 is 5.63. The predicted molar refractivity (Wildman–Crippen MR) is 97.4 cm³/mol. The van der Waals surface area contributed by atoms with Crippen molar-refractivity contribution in [3.63, 3.8) is 0 Å². The average Bonchev–Trinajstić information content (AvgIpc) is 3.11. The van der Waals surface area contributed by atoms with Crippen molar-refractivity contribution in [2.45, 2.75) is 45.6 Å². The summed E-state index contributed by atoms with van der Waals surface area (Å²) in [4.78, 5) is 38.2. The van der Waals surface area contributed by atoms with Gasteiger partial charge in [-0.2, -0.15) is 0 Å². The second-order valence-electron chi connectivity index (χ2n) is 7.20. The van der Waals surface area contributed by atoms with Gasteiger partial charge in [0.25, 0.3) is 11.8 Å². The smallest absolute Gasteiger partial charge is 0.331 e. The third-order valence-corrected chi connectivity index (χ3v) is 4.60. The fraction of sp³-hybridized carbons (Fsp3) is 0.450. The highest BCUT2D eigenvalue weighted by Crippen LogP contribution is 2.27. The highest BCUT2D eigenvalue weighted by atomic mass is 16.5. The van der Waals surface area contributed by atoms with E-state index >= 15 is 0 Å². The molecule has 1 saturated heterocycles. The molecule has 0 unspecified atom stereocenters. The van der Waals surface area contributed by atoms with Crippen molar-refractivity contribution in [1.29, 1.82) is 0 Å². The molecule has 6 nitrogen and oxygen atoms in total. The topological polar surface area (TPSA) is 75.7 Å². The van der Waals surface area contributed by atoms with Crippen LogP contribution >= 0.6 is 0 Å². The molecular weight excluding hydrogens is 332 g/mol. The monoisotopic (exact) mass is 356 g/mol. The zero-order valence-corrected chi connectivity index (χ0v) is 15.2. The van der Waals surface area contributed by atoms with E-state index in [0.717, 1.165) is 31.4 Å². The van der Waals surface area contributed by atoms with Crippen LogP contribution in [0.4, 0.5) is 4.79 Å². The van der Waals surface area contributed by atoms with Gasteiger partial charge < -0.3 is 4.74 Å². The number of imide groups is 2. The van der Waals surface area contributed by atoms with Crippen LogP contribution in [0.2, 0.25) is 0 Å². The van der Waals surface area contributed by atoms with Gasteiger partial charge in [0.2, 0.25) is 0 Å². The molecular formula is C20H24N2O4. The highest BCUT2D eigenvalue weighted by molar-refractivity contribution is 6.31. The Morgan fingerprint density at radius 2 is 1.81 bits per heavy atom. The van der Waals surface area contributed by atoms with Gasteiger partial charge in [-0.25, -0.2) is 4.79 Å². The SMILES string of the molecule is CC(C)COc1ccc(/C=C2\C(=O)NC(=O)N(C3CCCC3)C2=O)cc1. The van der Waals surface area contributed by atoms with Crippen molar-refractivity contribution in [2.75, 3.05) is 6.61 Å². The van der Waals surface area contributed by atoms with Gasteiger partial charge >= 0.3 is 6.03 Å². The van der Waals surface area contributed by atoms with Crippen LogP contribution < -0.4 is 10.1 Å². The van der Waals surface area contributed by atoms with Crippen molar-refractivity contribution < 1.29 is 19.1 Å². The third kappa shape index (κ3) is 3.95. The van der Waals surface area contributed by atoms with Crippen molar-refractivity contribution >= 4 is 23.9 Å². The van der Waals surface area contributed by atoms with Crippen molar-refractivity contribution in [3.05, 3.63) is 35.4 Å². The minimum Gasteiger partial charge on any atom is -0.493 e. The quantitative estimate of drug-likeness (QED) is 0.650. The molecule has 2 fully saturated rings. The maximum Gasteiger partial charge on any atom is 0.331 e. The summed E-state index contributed by atoms with van der Waals surface area (Å²) in [5.74, 6) is 0.0163. The number of amides is 4. The van der Waals surface area contributed by atoms with Crippen molar-refractivity contribution in [1.82, 2.24) is 10.2 Å². The van der Waals surface area contributed by atoms with E-state index in [2.05, 4.69) is 19.2 Å². The van der Waals surface area contributed by atoms with Crippen LogP contribution in [0.1, 0.15) is 45.1 Å². The average molecular weight is 356 g/mol. The first-order valence-electron chi connectivity index (χ1n) is 9.09. The molecule has 138 valence electrons. The minimum atomic E-state index is -0.644. The van der Waals surface area contributed by atoms with Crippen LogP contribution in [0.5, 0.6) is 5.75 Å². The number of hydrogen-bond acceptors (Lipinski definition) is 4. The molecule has 1 N–H and O–H groups in total. The Kier molecular flexibility index (Phi) is 5.40. The van der Waals surface area contributed by atoms with Gasteiger partial charge in [-0.05, 0) is 42.5 Å². The van der Waals surface area contributed by atoms with E-state index < -0.39 is 17.8 Å². The second-order valence-corrected chi connectivity index (χ2v) is 7.20. The highest BCUT2D eigenvalue weighted by Gasteiger charge is 2.40. The lowest BCUT2D eigenvalue weighted by Gasteiger charge is -2.31. The van der Waals surface area contributed by atoms with Crippen LogP contribution in [-0.4, -0.2) is 35.4 Å². The molecule has 6 heteroatoms. The Bertz CT molecular complexity index is 731. The first kappa shape index (κ1) is 18.2. The maximum atomic E-state index is 12.7. The molecule has 1 aliphatic heterocycles. The summed E-state index contributed by atoms with van der Waals surface area (Å²) in [6, 6.07) is 6.46. The third-order valence-electron chi connectivity index (χ3n) is 4.60. The fourth-order valence-electron chi connectivity index (χ4n) is 3.26. The zero-order valence-electron chi connectivity index (χ0n) is 15.2. The van der Waals surface area contributed by atoms with Crippen LogP contribution in [0.3, 0.4) is 0 Å². The van der Waals surface area contributed by atoms with E-state index in [1.807, 2.05) is 0 Å². The van der Waals surface area contributed by atoms with Crippen molar-refractivity contribution in [2.24, 2.45) is 5.92 Å². The maximum absolute atomic E-state index is 12.7. The van der Waals surface area contributed by atoms with Crippen LogP contribution in [-0.2, 0) is 9.59 Å². The molecule has 26 heavy (non-hydrogen) atoms. The summed E-state index contributed by atoms with van der Waals surface area (Å²) >= 11 is 0. The number of ether oxygens (including phenoxy) is 1. The predicted octanol–water partition coefficient (Wildman–Crippen LogP) is 3.13. The Labute approximate surface area is 153 Å². The number of barbiturate groups is 1. The summed E-state index contributed by atoms with van der Waals surface area (Å²) in [5, 5.41) is 2.29. The van der Waals surface area contributed by atoms with Gasteiger partial charge in [0, 0.05) is 6.04 Å². The number of carbonyl (C=O) groups excluding carboxylic acids is 3. The Hall–Kier alpha value is -2.63. The van der Waals surface area contributed by atoms with Gasteiger partial charge in [-0.1, -0.05) is 38.8 Å². The van der Waals surface area contributed by atoms with E-state index in [1.165, 1.54) is 11.0 Å². The van der Waals surface area contributed by atoms with Crippen LogP contribution in [0, 0.1) is 5.92 Å². The molecule has 0 radical (unpaired) electrons. The van der Waals surface area contributed by atoms with Crippen LogP contribution in [0.15, 0.2) is 29.8 Å². The number of rotatable bonds is 5. The molecule has 3 rings (SSSR count). The molecule has 1 saturated carbocycles. The van der Waals surface area contributed by atoms with E-state index in [4.69, 9.17) is 4.74 Å². The molecule has 1 heterocycles. The molecule has 1 aliphatic carbocycles. The zero-order chi connectivity index (χ0) is 18.7. The van der Waals surface area contributed by atoms with Gasteiger partial charge in [0.15, 0.2) is 0 Å². The lowest BCUT2D eigenvalue weighted by molar-refractivity contribution is -0.131. The lowest BCUT2D eigenvalue weighted by atomic mass is 10.1. The minimum absolute atomic E-state index is 0.00708. The molecule has 1 aromatic rings. The van der Waals surface area contributed by atoms with Crippen LogP contribution in [0.25, 0.3) is 6.08 Å². The molecule has 0 aromatic heterocycles. The molecule has 4 amide bonds. The lowest BCUT2D eigenvalue weighted by Crippen LogP contribution is -2.57. The summed E-state index contributed by atoms with van der Waals surface area (Å²) in [6.07, 6.45) is 5.10. The number of hydrogen-bond donors (Lipinski definition) is 1. The van der Waals surface area contributed by atoms with Gasteiger partial charge in [-0.15, -0.1) is 0 Å². The first-order valence-corrected chi connectivity index (χ1v) is 9.09. The number of carbonyl (C=O) groups is 3. The molecule has 1 aromatic carbocycles. The normalized spacial score (nSPS) is 20.2. The number of urea groups is 1. The Balaban J connectivity index is 1.78. The van der Waals surface area contributed by atoms with E-state index in [-0.39, 0.29) is 11.6 Å².